The van der Waals surface area contributed by atoms with Crippen LogP contribution in [0.2, 0.25) is 0 Å². The number of ether oxygens (including phenoxy) is 1. The van der Waals surface area contributed by atoms with Crippen molar-refractivity contribution in [3.05, 3.63) is 59.6 Å². The number of carbonyl (C=O) groups excluding carboxylic acids is 1. The molecule has 1 N–H and O–H groups in total. The Morgan fingerprint density at radius 2 is 2.06 bits per heavy atom. The third kappa shape index (κ3) is 4.38. The third-order valence-corrected chi connectivity index (χ3v) is 6.91. The van der Waals surface area contributed by atoms with E-state index >= 15 is 0 Å². The predicted octanol–water partition coefficient (Wildman–Crippen LogP) is 3.40. The molecule has 1 aliphatic rings. The molecule has 1 aliphatic heterocycles. The van der Waals surface area contributed by atoms with Crippen LogP contribution in [0.15, 0.2) is 49.2 Å². The first kappa shape index (κ1) is 19.9. The molecule has 0 radical (unpaired) electrons. The molecule has 0 unspecified atom stereocenters. The van der Waals surface area contributed by atoms with Crippen LogP contribution in [-0.4, -0.2) is 43.5 Å². The second-order valence-corrected chi connectivity index (χ2v) is 9.38. The van der Waals surface area contributed by atoms with E-state index in [4.69, 9.17) is 4.74 Å². The average molecular weight is 437 g/mol. The lowest BCUT2D eigenvalue weighted by Crippen LogP contribution is -2.31. The molecule has 0 aliphatic carbocycles. The number of nitrogens with zero attached hydrogens (tertiary/aromatic N) is 5. The zero-order chi connectivity index (χ0) is 21.3. The van der Waals surface area contributed by atoms with Gasteiger partial charge in [-0.1, -0.05) is 13.0 Å². The smallest absolute Gasteiger partial charge is 0.261 e. The summed E-state index contributed by atoms with van der Waals surface area (Å²) in [7, 11) is 0. The maximum atomic E-state index is 12.6. The Bertz CT molecular complexity index is 1200. The number of aromatic nitrogens is 5. The van der Waals surface area contributed by atoms with Gasteiger partial charge in [0.1, 0.15) is 6.33 Å². The molecule has 31 heavy (non-hydrogen) atoms. The van der Waals surface area contributed by atoms with Crippen molar-refractivity contribution < 1.29 is 9.53 Å². The first-order chi connectivity index (χ1) is 15.1. The first-order valence-electron chi connectivity index (χ1n) is 10.3. The van der Waals surface area contributed by atoms with Crippen molar-refractivity contribution in [3.63, 3.8) is 0 Å². The molecule has 1 fully saturated rings. The summed E-state index contributed by atoms with van der Waals surface area (Å²) in [6.07, 6.45) is 9.43. The van der Waals surface area contributed by atoms with Gasteiger partial charge in [0, 0.05) is 49.1 Å². The molecule has 5 rings (SSSR count). The van der Waals surface area contributed by atoms with Crippen molar-refractivity contribution in [3.8, 4) is 10.4 Å². The van der Waals surface area contributed by atoms with Gasteiger partial charge in [-0.05, 0) is 42.0 Å². The first-order valence-corrected chi connectivity index (χ1v) is 11.2. The molecule has 1 saturated heterocycles. The molecule has 8 nitrogen and oxygen atoms in total. The number of amides is 1. The van der Waals surface area contributed by atoms with E-state index in [9.17, 15) is 4.79 Å². The monoisotopic (exact) mass is 436 g/mol. The molecule has 160 valence electrons. The number of hydrogen-bond acceptors (Lipinski definition) is 6. The lowest BCUT2D eigenvalue weighted by molar-refractivity contribution is 0.0139. The lowest BCUT2D eigenvalue weighted by Gasteiger charge is -2.33. The normalized spacial score (nSPS) is 15.9. The third-order valence-electron chi connectivity index (χ3n) is 5.78. The highest BCUT2D eigenvalue weighted by molar-refractivity contribution is 7.17. The van der Waals surface area contributed by atoms with E-state index in [0.29, 0.717) is 11.4 Å². The van der Waals surface area contributed by atoms with E-state index in [0.717, 1.165) is 54.3 Å². The van der Waals surface area contributed by atoms with Gasteiger partial charge in [0.05, 0.1) is 11.1 Å². The average Bonchev–Trinajstić information content (AvgIpc) is 3.52. The van der Waals surface area contributed by atoms with Crippen LogP contribution in [0, 0.1) is 5.41 Å². The van der Waals surface area contributed by atoms with Gasteiger partial charge in [0.15, 0.2) is 5.65 Å². The molecule has 0 bridgehead atoms. The molecular formula is C22H24N6O2S. The molecule has 4 aromatic rings. The van der Waals surface area contributed by atoms with Crippen LogP contribution >= 0.6 is 11.3 Å². The summed E-state index contributed by atoms with van der Waals surface area (Å²) in [5, 5.41) is 11.7. The fraction of sp³-hybridized carbons (Fsp3) is 0.364. The van der Waals surface area contributed by atoms with Crippen LogP contribution < -0.4 is 5.32 Å². The summed E-state index contributed by atoms with van der Waals surface area (Å²) in [4.78, 5) is 18.5. The molecule has 0 atom stereocenters. The molecule has 0 saturated carbocycles. The van der Waals surface area contributed by atoms with Gasteiger partial charge in [-0.15, -0.1) is 11.3 Å². The second kappa shape index (κ2) is 8.24. The Morgan fingerprint density at radius 1 is 1.19 bits per heavy atom. The molecule has 5 heterocycles. The lowest BCUT2D eigenvalue weighted by atomic mass is 9.82. The predicted molar refractivity (Wildman–Crippen MR) is 118 cm³/mol. The Morgan fingerprint density at radius 3 is 2.94 bits per heavy atom. The number of fused-ring (bicyclic) bond motifs is 1. The van der Waals surface area contributed by atoms with Crippen molar-refractivity contribution in [1.82, 2.24) is 29.7 Å². The van der Waals surface area contributed by atoms with Gasteiger partial charge in [0.2, 0.25) is 0 Å². The number of hydrogen-bond donors (Lipinski definition) is 1. The van der Waals surface area contributed by atoms with E-state index in [1.54, 1.807) is 4.52 Å². The SMILES string of the molecule is CC1(Cn2cc(-c3ccc(C(=O)NCc4ccc5ncnn5c4)s3)cn2)CCOCC1. The molecule has 9 heteroatoms. The zero-order valence-corrected chi connectivity index (χ0v) is 18.1. The van der Waals surface area contributed by atoms with Crippen molar-refractivity contribution in [2.45, 2.75) is 32.9 Å². The van der Waals surface area contributed by atoms with Gasteiger partial charge in [-0.3, -0.25) is 9.48 Å². The minimum Gasteiger partial charge on any atom is -0.381 e. The molecule has 0 aromatic carbocycles. The van der Waals surface area contributed by atoms with E-state index in [2.05, 4.69) is 33.6 Å². The van der Waals surface area contributed by atoms with Crippen LogP contribution in [0.3, 0.4) is 0 Å². The van der Waals surface area contributed by atoms with Crippen molar-refractivity contribution in [2.24, 2.45) is 5.41 Å². The van der Waals surface area contributed by atoms with Gasteiger partial charge in [-0.2, -0.15) is 10.2 Å². The minimum atomic E-state index is -0.0861. The van der Waals surface area contributed by atoms with Crippen LogP contribution in [0.4, 0.5) is 0 Å². The fourth-order valence-electron chi connectivity index (χ4n) is 3.84. The van der Waals surface area contributed by atoms with Gasteiger partial charge in [0.25, 0.3) is 5.91 Å². The van der Waals surface area contributed by atoms with Crippen LogP contribution in [0.5, 0.6) is 0 Å². The Hall–Kier alpha value is -3.04. The van der Waals surface area contributed by atoms with Crippen LogP contribution in [0.1, 0.15) is 35.0 Å². The van der Waals surface area contributed by atoms with E-state index < -0.39 is 0 Å². The van der Waals surface area contributed by atoms with Crippen molar-refractivity contribution in [1.29, 1.82) is 0 Å². The highest BCUT2D eigenvalue weighted by Crippen LogP contribution is 2.33. The minimum absolute atomic E-state index is 0.0861. The summed E-state index contributed by atoms with van der Waals surface area (Å²) in [6, 6.07) is 7.68. The summed E-state index contributed by atoms with van der Waals surface area (Å²) < 4.78 is 9.20. The van der Waals surface area contributed by atoms with E-state index in [1.807, 2.05) is 41.3 Å². The number of nitrogens with one attached hydrogen (secondary N) is 1. The van der Waals surface area contributed by atoms with Gasteiger partial charge >= 0.3 is 0 Å². The summed E-state index contributed by atoms with van der Waals surface area (Å²) >= 11 is 1.48. The Labute approximate surface area is 183 Å². The topological polar surface area (TPSA) is 86.3 Å². The van der Waals surface area contributed by atoms with Crippen LogP contribution in [0.25, 0.3) is 16.1 Å². The molecular weight excluding hydrogens is 412 g/mol. The fourth-order valence-corrected chi connectivity index (χ4v) is 4.74. The highest BCUT2D eigenvalue weighted by Gasteiger charge is 2.28. The van der Waals surface area contributed by atoms with Crippen molar-refractivity contribution >= 4 is 22.9 Å². The highest BCUT2D eigenvalue weighted by atomic mass is 32.1. The second-order valence-electron chi connectivity index (χ2n) is 8.30. The Balaban J connectivity index is 1.22. The number of pyridine rings is 1. The Kier molecular flexibility index (Phi) is 5.29. The van der Waals surface area contributed by atoms with Gasteiger partial charge < -0.3 is 10.1 Å². The maximum absolute atomic E-state index is 12.6. The standard InChI is InChI=1S/C22H24N6O2S/c1-22(6-8-30-9-7-22)14-27-13-17(11-25-27)18-3-4-19(31-18)21(29)23-10-16-2-5-20-24-15-26-28(20)12-16/h2-5,11-13,15H,6-10,14H2,1H3,(H,23,29). The number of thiophene rings is 1. The summed E-state index contributed by atoms with van der Waals surface area (Å²) in [5.41, 5.74) is 3.00. The molecule has 4 aromatic heterocycles. The quantitative estimate of drug-likeness (QED) is 0.501. The molecule has 0 spiro atoms. The molecule has 1 amide bonds. The van der Waals surface area contributed by atoms with E-state index in [1.165, 1.54) is 17.7 Å². The van der Waals surface area contributed by atoms with Gasteiger partial charge in [-0.25, -0.2) is 9.50 Å². The summed E-state index contributed by atoms with van der Waals surface area (Å²) in [6.45, 7) is 5.25. The zero-order valence-electron chi connectivity index (χ0n) is 17.3. The van der Waals surface area contributed by atoms with Crippen LogP contribution in [-0.2, 0) is 17.8 Å². The van der Waals surface area contributed by atoms with Crippen molar-refractivity contribution in [2.75, 3.05) is 13.2 Å². The number of carbonyl (C=O) groups is 1. The number of rotatable bonds is 6. The summed E-state index contributed by atoms with van der Waals surface area (Å²) in [5.74, 6) is -0.0861. The van der Waals surface area contributed by atoms with E-state index in [-0.39, 0.29) is 11.3 Å². The largest absolute Gasteiger partial charge is 0.381 e. The maximum Gasteiger partial charge on any atom is 0.261 e.